The van der Waals surface area contributed by atoms with Gasteiger partial charge in [-0.15, -0.1) is 11.3 Å². The van der Waals surface area contributed by atoms with E-state index in [4.69, 9.17) is 5.73 Å². The average molecular weight is 310 g/mol. The van der Waals surface area contributed by atoms with E-state index in [2.05, 4.69) is 27.9 Å². The van der Waals surface area contributed by atoms with Gasteiger partial charge in [0, 0.05) is 16.2 Å². The van der Waals surface area contributed by atoms with Gasteiger partial charge >= 0.3 is 0 Å². The lowest BCUT2D eigenvalue weighted by Crippen LogP contribution is -2.37. The van der Waals surface area contributed by atoms with Crippen molar-refractivity contribution in [3.05, 3.63) is 19.9 Å². The summed E-state index contributed by atoms with van der Waals surface area (Å²) < 4.78 is 0.990. The van der Waals surface area contributed by atoms with Crippen LogP contribution in [0.3, 0.4) is 0 Å². The van der Waals surface area contributed by atoms with Crippen LogP contribution in [0, 0.1) is 3.57 Å². The molecule has 1 aromatic rings. The van der Waals surface area contributed by atoms with E-state index in [9.17, 15) is 4.79 Å². The van der Waals surface area contributed by atoms with Crippen molar-refractivity contribution >= 4 is 39.8 Å². The summed E-state index contributed by atoms with van der Waals surface area (Å²) in [4.78, 5) is 12.3. The lowest BCUT2D eigenvalue weighted by atomic mass is 10.3. The van der Waals surface area contributed by atoms with E-state index in [0.717, 1.165) is 8.45 Å². The summed E-state index contributed by atoms with van der Waals surface area (Å²) in [5, 5.41) is 4.72. The summed E-state index contributed by atoms with van der Waals surface area (Å²) in [6.45, 7) is 2.35. The van der Waals surface area contributed by atoms with E-state index in [-0.39, 0.29) is 11.9 Å². The van der Waals surface area contributed by atoms with Crippen molar-refractivity contribution in [3.63, 3.8) is 0 Å². The molecule has 0 aliphatic carbocycles. The Morgan fingerprint density at radius 2 is 2.54 bits per heavy atom. The van der Waals surface area contributed by atoms with Crippen LogP contribution < -0.4 is 11.1 Å². The largest absolute Gasteiger partial charge is 0.348 e. The topological polar surface area (TPSA) is 55.1 Å². The van der Waals surface area contributed by atoms with Gasteiger partial charge in [0.05, 0.1) is 0 Å². The number of amides is 1. The Labute approximate surface area is 94.8 Å². The van der Waals surface area contributed by atoms with Crippen LogP contribution in [-0.4, -0.2) is 18.5 Å². The van der Waals surface area contributed by atoms with Gasteiger partial charge in [0.2, 0.25) is 0 Å². The van der Waals surface area contributed by atoms with Gasteiger partial charge in [-0.2, -0.15) is 0 Å². The van der Waals surface area contributed by atoms with Crippen LogP contribution in [-0.2, 0) is 0 Å². The second kappa shape index (κ2) is 4.92. The van der Waals surface area contributed by atoms with E-state index >= 15 is 0 Å². The number of carbonyl (C=O) groups is 1. The zero-order chi connectivity index (χ0) is 9.84. The molecule has 0 radical (unpaired) electrons. The first-order valence-corrected chi connectivity index (χ1v) is 5.85. The third-order valence-corrected chi connectivity index (χ3v) is 3.73. The normalized spacial score (nSPS) is 12.5. The maximum absolute atomic E-state index is 11.5. The molecule has 3 N–H and O–H groups in total. The molecule has 0 aromatic carbocycles. The molecule has 1 atom stereocenters. The highest BCUT2D eigenvalue weighted by Crippen LogP contribution is 2.18. The summed E-state index contributed by atoms with van der Waals surface area (Å²) in [5.74, 6) is -0.0302. The van der Waals surface area contributed by atoms with Gasteiger partial charge in [-0.05, 0) is 41.0 Å². The number of nitrogens with one attached hydrogen (secondary N) is 1. The number of rotatable bonds is 3. The van der Waals surface area contributed by atoms with Gasteiger partial charge < -0.3 is 11.1 Å². The molecule has 5 heteroatoms. The molecular weight excluding hydrogens is 299 g/mol. The Morgan fingerprint density at radius 3 is 3.00 bits per heavy atom. The van der Waals surface area contributed by atoms with E-state index in [1.54, 1.807) is 0 Å². The van der Waals surface area contributed by atoms with Gasteiger partial charge in [0.15, 0.2) is 0 Å². The standard InChI is InChI=1S/C8H11IN2OS/c1-5(4-10)11-8(12)7-6(9)2-3-13-7/h2-3,5H,4,10H2,1H3,(H,11,12)/t5-/m1/s1. The number of hydrogen-bond acceptors (Lipinski definition) is 3. The number of nitrogens with two attached hydrogens (primary N) is 1. The Kier molecular flexibility index (Phi) is 4.14. The summed E-state index contributed by atoms with van der Waals surface area (Å²) in [5.41, 5.74) is 5.40. The van der Waals surface area contributed by atoms with Crippen LogP contribution in [0.2, 0.25) is 0 Å². The predicted octanol–water partition coefficient (Wildman–Crippen LogP) is 1.43. The lowest BCUT2D eigenvalue weighted by Gasteiger charge is -2.09. The Balaban J connectivity index is 2.64. The molecule has 13 heavy (non-hydrogen) atoms. The predicted molar refractivity (Wildman–Crippen MR) is 63.0 cm³/mol. The van der Waals surface area contributed by atoms with Gasteiger partial charge in [-0.1, -0.05) is 0 Å². The maximum Gasteiger partial charge on any atom is 0.262 e. The van der Waals surface area contributed by atoms with E-state index in [1.165, 1.54) is 11.3 Å². The first-order valence-electron chi connectivity index (χ1n) is 3.89. The summed E-state index contributed by atoms with van der Waals surface area (Å²) >= 11 is 3.60. The van der Waals surface area contributed by atoms with Crippen molar-refractivity contribution in [2.45, 2.75) is 13.0 Å². The third-order valence-electron chi connectivity index (χ3n) is 1.55. The molecule has 3 nitrogen and oxygen atoms in total. The molecule has 0 saturated carbocycles. The molecule has 0 aliphatic rings. The van der Waals surface area contributed by atoms with Gasteiger partial charge in [-0.3, -0.25) is 4.79 Å². The highest BCUT2D eigenvalue weighted by atomic mass is 127. The molecule has 0 aliphatic heterocycles. The zero-order valence-electron chi connectivity index (χ0n) is 7.21. The van der Waals surface area contributed by atoms with Crippen LogP contribution in [0.15, 0.2) is 11.4 Å². The van der Waals surface area contributed by atoms with Gasteiger partial charge in [0.1, 0.15) is 4.88 Å². The molecule has 0 fully saturated rings. The minimum absolute atomic E-state index is 0.0302. The quantitative estimate of drug-likeness (QED) is 0.830. The van der Waals surface area contributed by atoms with E-state index < -0.39 is 0 Å². The summed E-state index contributed by atoms with van der Waals surface area (Å²) in [6.07, 6.45) is 0. The number of halogens is 1. The van der Waals surface area contributed by atoms with Crippen molar-refractivity contribution in [2.75, 3.05) is 6.54 Å². The number of carbonyl (C=O) groups excluding carboxylic acids is 1. The SMILES string of the molecule is C[C@H](CN)NC(=O)c1sccc1I. The minimum Gasteiger partial charge on any atom is -0.348 e. The third kappa shape index (κ3) is 2.92. The molecule has 1 amide bonds. The smallest absolute Gasteiger partial charge is 0.262 e. The zero-order valence-corrected chi connectivity index (χ0v) is 10.2. The lowest BCUT2D eigenvalue weighted by molar-refractivity contribution is 0.0944. The highest BCUT2D eigenvalue weighted by Gasteiger charge is 2.12. The average Bonchev–Trinajstić information content (AvgIpc) is 2.51. The monoisotopic (exact) mass is 310 g/mol. The molecule has 0 bridgehead atoms. The van der Waals surface area contributed by atoms with E-state index in [1.807, 2.05) is 18.4 Å². The minimum atomic E-state index is -0.0302. The van der Waals surface area contributed by atoms with Crippen LogP contribution >= 0.6 is 33.9 Å². The second-order valence-corrected chi connectivity index (χ2v) is 4.79. The summed E-state index contributed by atoms with van der Waals surface area (Å²) in [6, 6.07) is 1.96. The fourth-order valence-electron chi connectivity index (χ4n) is 0.804. The Hall–Kier alpha value is -0.140. The van der Waals surface area contributed by atoms with E-state index in [0.29, 0.717) is 6.54 Å². The molecule has 0 spiro atoms. The fraction of sp³-hybridized carbons (Fsp3) is 0.375. The fourth-order valence-corrected chi connectivity index (χ4v) is 2.54. The number of hydrogen-bond donors (Lipinski definition) is 2. The molecular formula is C8H11IN2OS. The molecule has 72 valence electrons. The van der Waals surface area contributed by atoms with Crippen molar-refractivity contribution < 1.29 is 4.79 Å². The van der Waals surface area contributed by atoms with Gasteiger partial charge in [-0.25, -0.2) is 0 Å². The number of thiophene rings is 1. The molecule has 0 unspecified atom stereocenters. The Morgan fingerprint density at radius 1 is 1.85 bits per heavy atom. The molecule has 1 aromatic heterocycles. The highest BCUT2D eigenvalue weighted by molar-refractivity contribution is 14.1. The van der Waals surface area contributed by atoms with Crippen LogP contribution in [0.5, 0.6) is 0 Å². The van der Waals surface area contributed by atoms with Crippen LogP contribution in [0.1, 0.15) is 16.6 Å². The van der Waals surface area contributed by atoms with Crippen LogP contribution in [0.4, 0.5) is 0 Å². The molecule has 1 rings (SSSR count). The first-order chi connectivity index (χ1) is 6.15. The van der Waals surface area contributed by atoms with Crippen molar-refractivity contribution in [1.29, 1.82) is 0 Å². The Bertz CT molecular complexity index is 300. The van der Waals surface area contributed by atoms with Crippen molar-refractivity contribution in [3.8, 4) is 0 Å². The maximum atomic E-state index is 11.5. The molecule has 0 saturated heterocycles. The summed E-state index contributed by atoms with van der Waals surface area (Å²) in [7, 11) is 0. The first kappa shape index (κ1) is 10.9. The van der Waals surface area contributed by atoms with Crippen molar-refractivity contribution in [2.24, 2.45) is 5.73 Å². The van der Waals surface area contributed by atoms with Crippen molar-refractivity contribution in [1.82, 2.24) is 5.32 Å². The molecule has 1 heterocycles. The second-order valence-electron chi connectivity index (χ2n) is 2.71. The van der Waals surface area contributed by atoms with Crippen LogP contribution in [0.25, 0.3) is 0 Å². The van der Waals surface area contributed by atoms with Gasteiger partial charge in [0.25, 0.3) is 5.91 Å².